The van der Waals surface area contributed by atoms with E-state index in [0.29, 0.717) is 10.0 Å². The molecule has 0 heterocycles. The van der Waals surface area contributed by atoms with Gasteiger partial charge in [-0.2, -0.15) is 0 Å². The van der Waals surface area contributed by atoms with Gasteiger partial charge in [0.05, 0.1) is 12.7 Å². The molecule has 0 radical (unpaired) electrons. The lowest BCUT2D eigenvalue weighted by atomic mass is 10.0. The van der Waals surface area contributed by atoms with Gasteiger partial charge < -0.3 is 10.5 Å². The number of nitrogens with two attached hydrogens (primary N) is 1. The Hall–Kier alpha value is -1.81. The first-order valence-electron chi connectivity index (χ1n) is 5.35. The van der Waals surface area contributed by atoms with Crippen molar-refractivity contribution in [3.8, 4) is 16.9 Å². The van der Waals surface area contributed by atoms with Gasteiger partial charge in [0, 0.05) is 4.47 Å². The van der Waals surface area contributed by atoms with Gasteiger partial charge in [-0.3, -0.25) is 4.79 Å². The number of ether oxygens (including phenoxy) is 1. The van der Waals surface area contributed by atoms with Crippen LogP contribution in [0.2, 0.25) is 0 Å². The number of rotatable bonds is 3. The van der Waals surface area contributed by atoms with E-state index in [1.807, 2.05) is 36.4 Å². The fourth-order valence-corrected chi connectivity index (χ4v) is 2.14. The number of amides is 1. The van der Waals surface area contributed by atoms with Crippen molar-refractivity contribution in [1.82, 2.24) is 0 Å². The maximum Gasteiger partial charge on any atom is 0.249 e. The highest BCUT2D eigenvalue weighted by molar-refractivity contribution is 9.10. The quantitative estimate of drug-likeness (QED) is 0.946. The smallest absolute Gasteiger partial charge is 0.249 e. The van der Waals surface area contributed by atoms with Gasteiger partial charge in [0.1, 0.15) is 5.75 Å². The summed E-state index contributed by atoms with van der Waals surface area (Å²) in [6.45, 7) is 0. The Labute approximate surface area is 114 Å². The Bertz CT molecular complexity index is 596. The zero-order chi connectivity index (χ0) is 13.1. The van der Waals surface area contributed by atoms with Crippen molar-refractivity contribution in [2.75, 3.05) is 7.11 Å². The number of carbonyl (C=O) groups excluding carboxylic acids is 1. The largest absolute Gasteiger partial charge is 0.497 e. The second kappa shape index (κ2) is 5.23. The first-order chi connectivity index (χ1) is 8.61. The Morgan fingerprint density at radius 2 is 1.89 bits per heavy atom. The molecule has 0 spiro atoms. The summed E-state index contributed by atoms with van der Waals surface area (Å²) in [6, 6.07) is 13.1. The molecule has 0 fully saturated rings. The van der Waals surface area contributed by atoms with Crippen molar-refractivity contribution in [3.63, 3.8) is 0 Å². The summed E-state index contributed by atoms with van der Waals surface area (Å²) in [4.78, 5) is 11.3. The summed E-state index contributed by atoms with van der Waals surface area (Å²) >= 11 is 3.31. The van der Waals surface area contributed by atoms with E-state index < -0.39 is 5.91 Å². The van der Waals surface area contributed by atoms with Crippen LogP contribution in [0.15, 0.2) is 46.9 Å². The third-order valence-corrected chi connectivity index (χ3v) is 3.33. The van der Waals surface area contributed by atoms with Crippen LogP contribution in [-0.2, 0) is 0 Å². The normalized spacial score (nSPS) is 10.1. The fraction of sp³-hybridized carbons (Fsp3) is 0.0714. The van der Waals surface area contributed by atoms with E-state index >= 15 is 0 Å². The minimum absolute atomic E-state index is 0.452. The Morgan fingerprint density at radius 1 is 1.17 bits per heavy atom. The fourth-order valence-electron chi connectivity index (χ4n) is 1.70. The summed E-state index contributed by atoms with van der Waals surface area (Å²) in [7, 11) is 1.62. The maximum absolute atomic E-state index is 11.3. The van der Waals surface area contributed by atoms with Gasteiger partial charge in [-0.1, -0.05) is 18.2 Å². The zero-order valence-corrected chi connectivity index (χ0v) is 11.4. The van der Waals surface area contributed by atoms with Crippen LogP contribution >= 0.6 is 15.9 Å². The van der Waals surface area contributed by atoms with Crippen LogP contribution in [0.5, 0.6) is 5.75 Å². The predicted molar refractivity (Wildman–Crippen MR) is 74.6 cm³/mol. The first-order valence-corrected chi connectivity index (χ1v) is 6.15. The summed E-state index contributed by atoms with van der Waals surface area (Å²) in [5.41, 5.74) is 7.69. The lowest BCUT2D eigenvalue weighted by molar-refractivity contribution is 0.0999. The molecule has 0 atom stereocenters. The summed E-state index contributed by atoms with van der Waals surface area (Å²) in [5.74, 6) is 0.322. The van der Waals surface area contributed by atoms with Crippen LogP contribution in [-0.4, -0.2) is 13.0 Å². The van der Waals surface area contributed by atoms with E-state index in [-0.39, 0.29) is 0 Å². The monoisotopic (exact) mass is 305 g/mol. The van der Waals surface area contributed by atoms with Gasteiger partial charge in [-0.05, 0) is 51.3 Å². The Balaban J connectivity index is 2.50. The molecule has 18 heavy (non-hydrogen) atoms. The number of benzene rings is 2. The molecule has 4 heteroatoms. The molecule has 2 N–H and O–H groups in total. The second-order valence-electron chi connectivity index (χ2n) is 3.79. The molecule has 3 nitrogen and oxygen atoms in total. The SMILES string of the molecule is COc1cccc(-c2ccc(Br)c(C(N)=O)c2)c1. The standard InChI is InChI=1S/C14H12BrNO2/c1-18-11-4-2-3-9(7-11)10-5-6-13(15)12(8-10)14(16)17/h2-8H,1H3,(H2,16,17). The predicted octanol–water partition coefficient (Wildman–Crippen LogP) is 3.22. The highest BCUT2D eigenvalue weighted by atomic mass is 79.9. The van der Waals surface area contributed by atoms with Crippen LogP contribution in [0.3, 0.4) is 0 Å². The lowest BCUT2D eigenvalue weighted by Gasteiger charge is -2.07. The van der Waals surface area contributed by atoms with Crippen LogP contribution < -0.4 is 10.5 Å². The van der Waals surface area contributed by atoms with Crippen molar-refractivity contribution >= 4 is 21.8 Å². The molecular weight excluding hydrogens is 294 g/mol. The molecule has 2 rings (SSSR count). The van der Waals surface area contributed by atoms with E-state index in [9.17, 15) is 4.79 Å². The van der Waals surface area contributed by atoms with E-state index in [0.717, 1.165) is 16.9 Å². The van der Waals surface area contributed by atoms with Crippen LogP contribution in [0.25, 0.3) is 11.1 Å². The molecule has 0 aromatic heterocycles. The summed E-state index contributed by atoms with van der Waals surface area (Å²) in [6.07, 6.45) is 0. The molecule has 0 unspecified atom stereocenters. The average molecular weight is 306 g/mol. The highest BCUT2D eigenvalue weighted by Gasteiger charge is 2.08. The number of primary amides is 1. The second-order valence-corrected chi connectivity index (χ2v) is 4.65. The number of hydrogen-bond acceptors (Lipinski definition) is 2. The van der Waals surface area contributed by atoms with Crippen molar-refractivity contribution < 1.29 is 9.53 Å². The van der Waals surface area contributed by atoms with Gasteiger partial charge >= 0.3 is 0 Å². The molecule has 2 aromatic rings. The third kappa shape index (κ3) is 2.54. The lowest BCUT2D eigenvalue weighted by Crippen LogP contribution is -2.11. The molecule has 0 saturated heterocycles. The van der Waals surface area contributed by atoms with E-state index in [1.54, 1.807) is 13.2 Å². The first kappa shape index (κ1) is 12.6. The van der Waals surface area contributed by atoms with Crippen LogP contribution in [0.4, 0.5) is 0 Å². The molecular formula is C14H12BrNO2. The van der Waals surface area contributed by atoms with Gasteiger partial charge in [0.25, 0.3) is 0 Å². The van der Waals surface area contributed by atoms with Crippen molar-refractivity contribution in [3.05, 3.63) is 52.5 Å². The molecule has 92 valence electrons. The molecule has 0 bridgehead atoms. The molecule has 2 aromatic carbocycles. The van der Waals surface area contributed by atoms with Gasteiger partial charge in [0.15, 0.2) is 0 Å². The highest BCUT2D eigenvalue weighted by Crippen LogP contribution is 2.27. The Morgan fingerprint density at radius 3 is 2.56 bits per heavy atom. The van der Waals surface area contributed by atoms with E-state index in [4.69, 9.17) is 10.5 Å². The maximum atomic E-state index is 11.3. The molecule has 0 aliphatic heterocycles. The number of methoxy groups -OCH3 is 1. The molecule has 0 saturated carbocycles. The molecule has 1 amide bonds. The molecule has 0 aliphatic carbocycles. The van der Waals surface area contributed by atoms with Crippen LogP contribution in [0, 0.1) is 0 Å². The number of halogens is 1. The van der Waals surface area contributed by atoms with E-state index in [2.05, 4.69) is 15.9 Å². The minimum atomic E-state index is -0.452. The molecule has 0 aliphatic rings. The van der Waals surface area contributed by atoms with Crippen LogP contribution in [0.1, 0.15) is 10.4 Å². The van der Waals surface area contributed by atoms with Gasteiger partial charge in [0.2, 0.25) is 5.91 Å². The third-order valence-electron chi connectivity index (χ3n) is 2.63. The average Bonchev–Trinajstić information content (AvgIpc) is 2.39. The van der Waals surface area contributed by atoms with Crippen molar-refractivity contribution in [2.24, 2.45) is 5.73 Å². The van der Waals surface area contributed by atoms with Crippen molar-refractivity contribution in [1.29, 1.82) is 0 Å². The number of hydrogen-bond donors (Lipinski definition) is 1. The summed E-state index contributed by atoms with van der Waals surface area (Å²) in [5, 5.41) is 0. The zero-order valence-electron chi connectivity index (χ0n) is 9.81. The Kier molecular flexibility index (Phi) is 3.67. The van der Waals surface area contributed by atoms with Gasteiger partial charge in [-0.15, -0.1) is 0 Å². The van der Waals surface area contributed by atoms with Gasteiger partial charge in [-0.25, -0.2) is 0 Å². The van der Waals surface area contributed by atoms with E-state index in [1.165, 1.54) is 0 Å². The minimum Gasteiger partial charge on any atom is -0.497 e. The van der Waals surface area contributed by atoms with Crippen molar-refractivity contribution in [2.45, 2.75) is 0 Å². The topological polar surface area (TPSA) is 52.3 Å². The number of carbonyl (C=O) groups is 1. The summed E-state index contributed by atoms with van der Waals surface area (Å²) < 4.78 is 5.87.